The van der Waals surface area contributed by atoms with Gasteiger partial charge in [-0.25, -0.2) is 9.78 Å². The molecule has 0 aliphatic carbocycles. The van der Waals surface area contributed by atoms with Gasteiger partial charge in [0.1, 0.15) is 11.4 Å². The Labute approximate surface area is 91.9 Å². The fraction of sp³-hybridized carbons (Fsp3) is 0.400. The van der Waals surface area contributed by atoms with Gasteiger partial charge in [-0.1, -0.05) is 0 Å². The predicted octanol–water partition coefficient (Wildman–Crippen LogP) is 1.46. The highest BCUT2D eigenvalue weighted by Gasteiger charge is 2.23. The van der Waals surface area contributed by atoms with E-state index in [0.29, 0.717) is 0 Å². The Balaban J connectivity index is 2.68. The highest BCUT2D eigenvalue weighted by atomic mass is 32.2. The number of carbonyl (C=O) groups is 1. The number of fused-ring (bicyclic) bond motifs is 1. The van der Waals surface area contributed by atoms with E-state index >= 15 is 0 Å². The molecule has 0 radical (unpaired) electrons. The standard InChI is InChI=1S/C10H12N2O2S/c1-5-6-2-3-15-4-7(6)8(10(13)14)9(11)12-5/h2-4H2,1H3,(H2,11,12)(H,13,14). The Morgan fingerprint density at radius 3 is 2.93 bits per heavy atom. The first-order valence-electron chi connectivity index (χ1n) is 4.70. The normalized spacial score (nSPS) is 14.7. The fourth-order valence-corrected chi connectivity index (χ4v) is 2.92. The third-order valence-electron chi connectivity index (χ3n) is 2.60. The molecule has 0 unspecified atom stereocenters. The number of rotatable bonds is 1. The minimum absolute atomic E-state index is 0.140. The van der Waals surface area contributed by atoms with Crippen LogP contribution in [0, 0.1) is 6.92 Å². The minimum atomic E-state index is -0.973. The van der Waals surface area contributed by atoms with E-state index in [1.54, 1.807) is 11.8 Å². The summed E-state index contributed by atoms with van der Waals surface area (Å²) in [6.07, 6.45) is 0.888. The molecule has 0 amide bonds. The highest BCUT2D eigenvalue weighted by Crippen LogP contribution is 2.31. The molecule has 0 spiro atoms. The van der Waals surface area contributed by atoms with E-state index in [-0.39, 0.29) is 11.4 Å². The largest absolute Gasteiger partial charge is 0.478 e. The van der Waals surface area contributed by atoms with Crippen LogP contribution in [0.1, 0.15) is 27.2 Å². The van der Waals surface area contributed by atoms with Crippen molar-refractivity contribution in [3.63, 3.8) is 0 Å². The molecular formula is C10H12N2O2S. The zero-order valence-electron chi connectivity index (χ0n) is 8.41. The van der Waals surface area contributed by atoms with Gasteiger partial charge >= 0.3 is 5.97 Å². The number of aryl methyl sites for hydroxylation is 1. The number of nitrogen functional groups attached to an aromatic ring is 1. The van der Waals surface area contributed by atoms with Crippen LogP contribution >= 0.6 is 11.8 Å². The Bertz CT molecular complexity index is 432. The molecule has 1 aliphatic rings. The van der Waals surface area contributed by atoms with Crippen molar-refractivity contribution in [2.45, 2.75) is 19.1 Å². The molecule has 1 aromatic heterocycles. The molecule has 80 valence electrons. The van der Waals surface area contributed by atoms with E-state index in [1.807, 2.05) is 6.92 Å². The van der Waals surface area contributed by atoms with Crippen LogP contribution in [0.15, 0.2) is 0 Å². The number of nitrogens with zero attached hydrogens (tertiary/aromatic N) is 1. The molecule has 1 aromatic rings. The van der Waals surface area contributed by atoms with Crippen molar-refractivity contribution < 1.29 is 9.90 Å². The maximum atomic E-state index is 11.1. The lowest BCUT2D eigenvalue weighted by Gasteiger charge is -2.20. The van der Waals surface area contributed by atoms with Crippen LogP contribution in [0.4, 0.5) is 5.82 Å². The van der Waals surface area contributed by atoms with Crippen LogP contribution in [-0.2, 0) is 12.2 Å². The molecule has 0 saturated heterocycles. The van der Waals surface area contributed by atoms with Crippen LogP contribution in [0.25, 0.3) is 0 Å². The van der Waals surface area contributed by atoms with Crippen LogP contribution in [0.5, 0.6) is 0 Å². The van der Waals surface area contributed by atoms with Crippen molar-refractivity contribution in [2.75, 3.05) is 11.5 Å². The van der Waals surface area contributed by atoms with Gasteiger partial charge in [0.05, 0.1) is 0 Å². The number of anilines is 1. The van der Waals surface area contributed by atoms with E-state index in [1.165, 1.54) is 0 Å². The number of carboxylic acid groups (broad SMARTS) is 1. The number of hydrogen-bond acceptors (Lipinski definition) is 4. The molecular weight excluding hydrogens is 212 g/mol. The van der Waals surface area contributed by atoms with Crippen LogP contribution in [-0.4, -0.2) is 21.8 Å². The van der Waals surface area contributed by atoms with Gasteiger partial charge in [0.25, 0.3) is 0 Å². The Kier molecular flexibility index (Phi) is 2.56. The molecule has 0 bridgehead atoms. The summed E-state index contributed by atoms with van der Waals surface area (Å²) in [4.78, 5) is 15.2. The molecule has 2 heterocycles. The first kappa shape index (κ1) is 10.3. The maximum Gasteiger partial charge on any atom is 0.339 e. The molecule has 2 rings (SSSR count). The number of pyridine rings is 1. The van der Waals surface area contributed by atoms with Crippen molar-refractivity contribution in [1.29, 1.82) is 0 Å². The number of aromatic carboxylic acids is 1. The van der Waals surface area contributed by atoms with Gasteiger partial charge < -0.3 is 10.8 Å². The van der Waals surface area contributed by atoms with Gasteiger partial charge in [0.2, 0.25) is 0 Å². The second-order valence-electron chi connectivity index (χ2n) is 3.52. The fourth-order valence-electron chi connectivity index (χ4n) is 1.91. The summed E-state index contributed by atoms with van der Waals surface area (Å²) in [6.45, 7) is 1.89. The average molecular weight is 224 g/mol. The molecule has 15 heavy (non-hydrogen) atoms. The van der Waals surface area contributed by atoms with Crippen LogP contribution in [0.3, 0.4) is 0 Å². The van der Waals surface area contributed by atoms with Gasteiger partial charge in [0, 0.05) is 11.4 Å². The topological polar surface area (TPSA) is 76.2 Å². The van der Waals surface area contributed by atoms with E-state index in [9.17, 15) is 4.79 Å². The highest BCUT2D eigenvalue weighted by molar-refractivity contribution is 7.98. The minimum Gasteiger partial charge on any atom is -0.478 e. The SMILES string of the molecule is Cc1nc(N)c(C(=O)O)c2c1CCSC2. The maximum absolute atomic E-state index is 11.1. The summed E-state index contributed by atoms with van der Waals surface area (Å²) in [5.74, 6) is 0.920. The monoisotopic (exact) mass is 224 g/mol. The van der Waals surface area contributed by atoms with Gasteiger partial charge in [0.15, 0.2) is 0 Å². The van der Waals surface area contributed by atoms with E-state index in [0.717, 1.165) is 34.7 Å². The van der Waals surface area contributed by atoms with Crippen molar-refractivity contribution in [2.24, 2.45) is 0 Å². The van der Waals surface area contributed by atoms with Crippen molar-refractivity contribution in [3.8, 4) is 0 Å². The Morgan fingerprint density at radius 2 is 2.27 bits per heavy atom. The summed E-state index contributed by atoms with van der Waals surface area (Å²) in [5, 5.41) is 9.08. The summed E-state index contributed by atoms with van der Waals surface area (Å²) in [6, 6.07) is 0. The first-order chi connectivity index (χ1) is 7.11. The lowest BCUT2D eigenvalue weighted by Crippen LogP contribution is -2.16. The molecule has 1 aliphatic heterocycles. The lowest BCUT2D eigenvalue weighted by atomic mass is 9.99. The van der Waals surface area contributed by atoms with Gasteiger partial charge in [-0.2, -0.15) is 11.8 Å². The summed E-state index contributed by atoms with van der Waals surface area (Å²) in [7, 11) is 0. The van der Waals surface area contributed by atoms with Crippen LogP contribution < -0.4 is 5.73 Å². The van der Waals surface area contributed by atoms with Crippen molar-refractivity contribution in [3.05, 3.63) is 22.4 Å². The quantitative estimate of drug-likeness (QED) is 0.755. The number of nitrogens with two attached hydrogens (primary N) is 1. The van der Waals surface area contributed by atoms with E-state index < -0.39 is 5.97 Å². The zero-order chi connectivity index (χ0) is 11.0. The van der Waals surface area contributed by atoms with Gasteiger partial charge in [-0.15, -0.1) is 0 Å². The average Bonchev–Trinajstić information content (AvgIpc) is 2.17. The number of thioether (sulfide) groups is 1. The summed E-state index contributed by atoms with van der Waals surface area (Å²) < 4.78 is 0. The smallest absolute Gasteiger partial charge is 0.339 e. The first-order valence-corrected chi connectivity index (χ1v) is 5.85. The third-order valence-corrected chi connectivity index (χ3v) is 3.59. The Hall–Kier alpha value is -1.23. The lowest BCUT2D eigenvalue weighted by molar-refractivity contribution is 0.0696. The van der Waals surface area contributed by atoms with Gasteiger partial charge in [-0.3, -0.25) is 0 Å². The number of aromatic nitrogens is 1. The second-order valence-corrected chi connectivity index (χ2v) is 4.63. The molecule has 0 saturated carbocycles. The van der Waals surface area contributed by atoms with Crippen molar-refractivity contribution in [1.82, 2.24) is 4.98 Å². The van der Waals surface area contributed by atoms with E-state index in [2.05, 4.69) is 4.98 Å². The predicted molar refractivity (Wildman–Crippen MR) is 60.2 cm³/mol. The molecule has 5 heteroatoms. The molecule has 0 fully saturated rings. The third kappa shape index (κ3) is 1.67. The van der Waals surface area contributed by atoms with Crippen LogP contribution in [0.2, 0.25) is 0 Å². The second kappa shape index (κ2) is 3.73. The summed E-state index contributed by atoms with van der Waals surface area (Å²) in [5.41, 5.74) is 8.64. The summed E-state index contributed by atoms with van der Waals surface area (Å²) >= 11 is 1.74. The number of hydrogen-bond donors (Lipinski definition) is 2. The molecule has 0 atom stereocenters. The van der Waals surface area contributed by atoms with Gasteiger partial charge in [-0.05, 0) is 30.2 Å². The van der Waals surface area contributed by atoms with E-state index in [4.69, 9.17) is 10.8 Å². The molecule has 3 N–H and O–H groups in total. The zero-order valence-corrected chi connectivity index (χ0v) is 9.23. The van der Waals surface area contributed by atoms with Crippen molar-refractivity contribution >= 4 is 23.5 Å². The number of carboxylic acids is 1. The molecule has 4 nitrogen and oxygen atoms in total. The Morgan fingerprint density at radius 1 is 1.53 bits per heavy atom. The molecule has 0 aromatic carbocycles.